The molecule has 0 saturated carbocycles. The Hall–Kier alpha value is -3.09. The number of benzene rings is 2. The van der Waals surface area contributed by atoms with Gasteiger partial charge in [0.15, 0.2) is 23.0 Å². The van der Waals surface area contributed by atoms with Crippen LogP contribution in [0, 0.1) is 34.5 Å². The van der Waals surface area contributed by atoms with E-state index in [0.29, 0.717) is 42.3 Å². The van der Waals surface area contributed by atoms with Crippen LogP contribution in [0.15, 0.2) is 36.4 Å². The maximum atomic E-state index is 10.4. The molecule has 0 bridgehead atoms. The first-order valence-corrected chi connectivity index (χ1v) is 12.0. The highest BCUT2D eigenvalue weighted by atomic mass is 35.5. The zero-order valence-corrected chi connectivity index (χ0v) is 23.5. The van der Waals surface area contributed by atoms with Crippen LogP contribution in [0.2, 0.25) is 0 Å². The summed E-state index contributed by atoms with van der Waals surface area (Å²) in [6.07, 6.45) is 1.92. The van der Waals surface area contributed by atoms with E-state index in [1.807, 2.05) is 36.4 Å². The van der Waals surface area contributed by atoms with Gasteiger partial charge in [-0.25, -0.2) is 0 Å². The molecule has 2 atom stereocenters. The molecule has 36 heavy (non-hydrogen) atoms. The van der Waals surface area contributed by atoms with Crippen molar-refractivity contribution in [3.8, 4) is 35.1 Å². The number of rotatable bonds is 12. The van der Waals surface area contributed by atoms with E-state index in [2.05, 4.69) is 39.8 Å². The number of halogens is 1. The Labute approximate surface area is 222 Å². The van der Waals surface area contributed by atoms with Gasteiger partial charge in [0.2, 0.25) is 0 Å². The van der Waals surface area contributed by atoms with Gasteiger partial charge in [0.05, 0.1) is 51.4 Å². The summed E-state index contributed by atoms with van der Waals surface area (Å²) in [4.78, 5) is 0. The van der Waals surface area contributed by atoms with Gasteiger partial charge in [-0.1, -0.05) is 39.8 Å². The Morgan fingerprint density at radius 3 is 1.22 bits per heavy atom. The van der Waals surface area contributed by atoms with E-state index in [1.165, 1.54) is 0 Å². The quantitative estimate of drug-likeness (QED) is 0.308. The van der Waals surface area contributed by atoms with Crippen molar-refractivity contribution in [2.45, 2.75) is 57.8 Å². The summed E-state index contributed by atoms with van der Waals surface area (Å²) in [6.45, 7) is 8.25. The smallest absolute Gasteiger partial charge is 0.161 e. The van der Waals surface area contributed by atoms with E-state index in [0.717, 1.165) is 11.1 Å². The molecule has 0 amide bonds. The third-order valence-electron chi connectivity index (χ3n) is 7.31. The summed E-state index contributed by atoms with van der Waals surface area (Å²) in [5.41, 5.74) is 0.335. The number of nitrogens with zero attached hydrogens (tertiary/aromatic N) is 2. The van der Waals surface area contributed by atoms with Gasteiger partial charge in [-0.05, 0) is 66.5 Å². The summed E-state index contributed by atoms with van der Waals surface area (Å²) < 4.78 is 21.8. The number of hydrogen-bond acceptors (Lipinski definition) is 6. The van der Waals surface area contributed by atoms with E-state index in [-0.39, 0.29) is 24.2 Å². The highest BCUT2D eigenvalue weighted by Crippen LogP contribution is 2.44. The fourth-order valence-corrected chi connectivity index (χ4v) is 4.91. The molecule has 0 aliphatic carbocycles. The predicted molar refractivity (Wildman–Crippen MR) is 144 cm³/mol. The molecule has 0 fully saturated rings. The molecule has 0 aliphatic rings. The highest BCUT2D eigenvalue weighted by molar-refractivity contribution is 5.85. The summed E-state index contributed by atoms with van der Waals surface area (Å²) in [6, 6.07) is 16.6. The number of methoxy groups -OCH3 is 4. The summed E-state index contributed by atoms with van der Waals surface area (Å²) in [7, 11) is 6.38. The average molecular weight is 515 g/mol. The van der Waals surface area contributed by atoms with Crippen molar-refractivity contribution in [3.63, 3.8) is 0 Å². The lowest BCUT2D eigenvalue weighted by atomic mass is 9.65. The third kappa shape index (κ3) is 5.82. The van der Waals surface area contributed by atoms with Crippen molar-refractivity contribution in [2.24, 2.45) is 11.8 Å². The second-order valence-electron chi connectivity index (χ2n) is 9.47. The monoisotopic (exact) mass is 514 g/mol. The van der Waals surface area contributed by atoms with E-state index in [9.17, 15) is 10.5 Å². The van der Waals surface area contributed by atoms with Crippen LogP contribution < -0.4 is 18.9 Å². The highest BCUT2D eigenvalue weighted by Gasteiger charge is 2.40. The van der Waals surface area contributed by atoms with Crippen molar-refractivity contribution >= 4 is 12.4 Å². The molecule has 0 aromatic heterocycles. The molecule has 2 aromatic carbocycles. The Bertz CT molecular complexity index is 1000. The van der Waals surface area contributed by atoms with Crippen LogP contribution in [0.4, 0.5) is 0 Å². The van der Waals surface area contributed by atoms with Crippen LogP contribution in [0.25, 0.3) is 0 Å². The van der Waals surface area contributed by atoms with Crippen LogP contribution in [0.1, 0.15) is 58.1 Å². The lowest BCUT2D eigenvalue weighted by molar-refractivity contribution is 0.305. The molecular formula is C29H39ClN2O4. The van der Waals surface area contributed by atoms with Crippen LogP contribution in [-0.2, 0) is 10.8 Å². The number of hydrogen-bond donors (Lipinski definition) is 0. The summed E-state index contributed by atoms with van der Waals surface area (Å²) >= 11 is 0. The summed E-state index contributed by atoms with van der Waals surface area (Å²) in [5.74, 6) is 2.57. The van der Waals surface area contributed by atoms with Crippen LogP contribution >= 0.6 is 12.4 Å². The van der Waals surface area contributed by atoms with Crippen molar-refractivity contribution < 1.29 is 18.9 Å². The normalized spacial score (nSPS) is 14.0. The molecule has 0 saturated heterocycles. The average Bonchev–Trinajstić information content (AvgIpc) is 2.88. The zero-order valence-electron chi connectivity index (χ0n) is 22.7. The van der Waals surface area contributed by atoms with Crippen LogP contribution in [0.3, 0.4) is 0 Å². The third-order valence-corrected chi connectivity index (χ3v) is 7.31. The van der Waals surface area contributed by atoms with E-state index >= 15 is 0 Å². The molecule has 0 spiro atoms. The minimum atomic E-state index is -0.727. The van der Waals surface area contributed by atoms with Gasteiger partial charge < -0.3 is 18.9 Å². The fourth-order valence-electron chi connectivity index (χ4n) is 4.91. The topological polar surface area (TPSA) is 84.5 Å². The first-order chi connectivity index (χ1) is 16.7. The van der Waals surface area contributed by atoms with Crippen LogP contribution in [-0.4, -0.2) is 28.4 Å². The second-order valence-corrected chi connectivity index (χ2v) is 9.47. The van der Waals surface area contributed by atoms with Gasteiger partial charge in [0.25, 0.3) is 0 Å². The molecule has 0 radical (unpaired) electrons. The van der Waals surface area contributed by atoms with Gasteiger partial charge in [0, 0.05) is 0 Å². The molecular weight excluding hydrogens is 476 g/mol. The molecule has 0 N–H and O–H groups in total. The molecule has 2 rings (SSSR count). The first kappa shape index (κ1) is 30.9. The summed E-state index contributed by atoms with van der Waals surface area (Å²) in [5, 5.41) is 20.8. The maximum absolute atomic E-state index is 10.4. The fraction of sp³-hybridized carbons (Fsp3) is 0.517. The van der Waals surface area contributed by atoms with Crippen LogP contribution in [0.5, 0.6) is 23.0 Å². The van der Waals surface area contributed by atoms with Crippen molar-refractivity contribution in [1.82, 2.24) is 0 Å². The molecule has 0 aliphatic heterocycles. The molecule has 0 heterocycles. The predicted octanol–water partition coefficient (Wildman–Crippen LogP) is 6.85. The second kappa shape index (κ2) is 13.3. The Kier molecular flexibility index (Phi) is 11.4. The largest absolute Gasteiger partial charge is 0.493 e. The zero-order chi connectivity index (χ0) is 26.2. The standard InChI is InChI=1S/C29H38N2O4.ClH/c1-20(2)28(18-30,22-10-12-24(32-5)26(16-22)34-7)14-9-15-29(19-31,21(3)4)23-11-13-25(33-6)27(17-23)35-8;/h10-13,16-17,20-21H,9,14-15H2,1-8H3;1H. The number of ether oxygens (including phenoxy) is 4. The Morgan fingerprint density at radius 2 is 0.972 bits per heavy atom. The van der Waals surface area contributed by atoms with Gasteiger partial charge in [-0.15, -0.1) is 12.4 Å². The molecule has 7 heteroatoms. The molecule has 6 nitrogen and oxygen atoms in total. The Balaban J connectivity index is 0.00000648. The van der Waals surface area contributed by atoms with Crippen molar-refractivity contribution in [2.75, 3.05) is 28.4 Å². The van der Waals surface area contributed by atoms with Gasteiger partial charge in [-0.3, -0.25) is 0 Å². The lowest BCUT2D eigenvalue weighted by Crippen LogP contribution is -2.34. The van der Waals surface area contributed by atoms with E-state index < -0.39 is 10.8 Å². The van der Waals surface area contributed by atoms with E-state index in [4.69, 9.17) is 18.9 Å². The molecule has 196 valence electrons. The number of nitriles is 2. The molecule has 2 aromatic rings. The molecule has 2 unspecified atom stereocenters. The SMILES string of the molecule is COc1ccc(C(C#N)(CCCC(C#N)(c2ccc(OC)c(OC)c2)C(C)C)C(C)C)cc1OC.Cl. The van der Waals surface area contributed by atoms with Crippen molar-refractivity contribution in [3.05, 3.63) is 47.5 Å². The maximum Gasteiger partial charge on any atom is 0.161 e. The first-order valence-electron chi connectivity index (χ1n) is 12.0. The van der Waals surface area contributed by atoms with Gasteiger partial charge >= 0.3 is 0 Å². The van der Waals surface area contributed by atoms with Crippen molar-refractivity contribution in [1.29, 1.82) is 10.5 Å². The minimum Gasteiger partial charge on any atom is -0.493 e. The lowest BCUT2D eigenvalue weighted by Gasteiger charge is -2.35. The van der Waals surface area contributed by atoms with Gasteiger partial charge in [-0.2, -0.15) is 10.5 Å². The minimum absolute atomic E-state index is 0. The Morgan fingerprint density at radius 1 is 0.639 bits per heavy atom. The van der Waals surface area contributed by atoms with Gasteiger partial charge in [0.1, 0.15) is 0 Å². The van der Waals surface area contributed by atoms with E-state index in [1.54, 1.807) is 28.4 Å².